The van der Waals surface area contributed by atoms with Gasteiger partial charge in [0.05, 0.1) is 24.0 Å². The molecule has 1 aromatic rings. The number of carbonyl (C=O) groups excluding carboxylic acids is 1. The van der Waals surface area contributed by atoms with Gasteiger partial charge in [-0.1, -0.05) is 0 Å². The highest BCUT2D eigenvalue weighted by molar-refractivity contribution is 7.89. The van der Waals surface area contributed by atoms with E-state index in [-0.39, 0.29) is 10.8 Å². The number of rotatable bonds is 10. The van der Waals surface area contributed by atoms with Crippen LogP contribution in [0, 0.1) is 13.8 Å². The summed E-state index contributed by atoms with van der Waals surface area (Å²) in [4.78, 5) is 12.1. The van der Waals surface area contributed by atoms with E-state index in [1.165, 1.54) is 11.6 Å². The Morgan fingerprint density at radius 3 is 2.50 bits per heavy atom. The van der Waals surface area contributed by atoms with Crippen molar-refractivity contribution in [2.45, 2.75) is 31.7 Å². The topological polar surface area (TPSA) is 114 Å². The Balaban J connectivity index is 2.56. The third-order valence-corrected chi connectivity index (χ3v) is 5.31. The van der Waals surface area contributed by atoms with Gasteiger partial charge in [-0.2, -0.15) is 9.82 Å². The summed E-state index contributed by atoms with van der Waals surface area (Å²) in [5.74, 6) is -0.383. The summed E-state index contributed by atoms with van der Waals surface area (Å²) in [6, 6.07) is -0.881. The minimum absolute atomic E-state index is 0.117. The summed E-state index contributed by atoms with van der Waals surface area (Å²) in [6.45, 7) is 7.06. The molecule has 0 spiro atoms. The van der Waals surface area contributed by atoms with Crippen LogP contribution in [0.4, 0.5) is 0 Å². The van der Waals surface area contributed by atoms with Gasteiger partial charge in [0.15, 0.2) is 0 Å². The van der Waals surface area contributed by atoms with Crippen LogP contribution in [-0.4, -0.2) is 63.5 Å². The van der Waals surface area contributed by atoms with E-state index >= 15 is 0 Å². The normalized spacial score (nSPS) is 13.0. The Hall–Kier alpha value is -1.49. The molecular formula is C14H27N5O4S. The molecule has 0 saturated carbocycles. The van der Waals surface area contributed by atoms with Crippen LogP contribution in [0.2, 0.25) is 0 Å². The zero-order valence-electron chi connectivity index (χ0n) is 14.8. The number of carbonyl (C=O) groups is 1. The zero-order chi connectivity index (χ0) is 18.3. The summed E-state index contributed by atoms with van der Waals surface area (Å²) < 4.78 is 33.7. The molecule has 1 unspecified atom stereocenters. The maximum atomic E-state index is 12.5. The van der Waals surface area contributed by atoms with Crippen LogP contribution in [0.5, 0.6) is 0 Å². The van der Waals surface area contributed by atoms with Crippen LogP contribution >= 0.6 is 0 Å². The Labute approximate surface area is 143 Å². The number of aryl methyl sites for hydroxylation is 2. The van der Waals surface area contributed by atoms with E-state index in [2.05, 4.69) is 20.5 Å². The molecule has 24 heavy (non-hydrogen) atoms. The number of nitrogens with one attached hydrogen (secondary N) is 3. The molecule has 138 valence electrons. The van der Waals surface area contributed by atoms with Gasteiger partial charge < -0.3 is 15.4 Å². The van der Waals surface area contributed by atoms with Gasteiger partial charge in [0, 0.05) is 33.8 Å². The Morgan fingerprint density at radius 2 is 1.96 bits per heavy atom. The molecular weight excluding hydrogens is 334 g/mol. The average Bonchev–Trinajstić information content (AvgIpc) is 2.75. The lowest BCUT2D eigenvalue weighted by molar-refractivity contribution is -0.122. The van der Waals surface area contributed by atoms with E-state index in [1.54, 1.807) is 28.0 Å². The van der Waals surface area contributed by atoms with Gasteiger partial charge in [-0.25, -0.2) is 8.42 Å². The molecule has 0 aliphatic carbocycles. The second-order valence-electron chi connectivity index (χ2n) is 5.50. The van der Waals surface area contributed by atoms with Crippen molar-refractivity contribution in [3.05, 3.63) is 11.4 Å². The van der Waals surface area contributed by atoms with Crippen LogP contribution in [0.1, 0.15) is 18.3 Å². The lowest BCUT2D eigenvalue weighted by atomic mass is 10.3. The molecule has 1 aromatic heterocycles. The number of hydrogen-bond donors (Lipinski definition) is 3. The van der Waals surface area contributed by atoms with Gasteiger partial charge in [0.1, 0.15) is 4.90 Å². The van der Waals surface area contributed by atoms with Crippen molar-refractivity contribution in [3.8, 4) is 0 Å². The predicted octanol–water partition coefficient (Wildman–Crippen LogP) is -0.944. The monoisotopic (exact) mass is 361 g/mol. The van der Waals surface area contributed by atoms with Crippen LogP contribution in [-0.2, 0) is 26.6 Å². The van der Waals surface area contributed by atoms with Crippen LogP contribution in [0.15, 0.2) is 4.90 Å². The van der Waals surface area contributed by atoms with Crippen LogP contribution in [0.3, 0.4) is 0 Å². The number of sulfonamides is 1. The van der Waals surface area contributed by atoms with Gasteiger partial charge in [0.25, 0.3) is 0 Å². The average molecular weight is 361 g/mol. The number of aromatic nitrogens is 2. The van der Waals surface area contributed by atoms with E-state index in [9.17, 15) is 13.2 Å². The Morgan fingerprint density at radius 1 is 1.29 bits per heavy atom. The number of nitrogens with zero attached hydrogens (tertiary/aromatic N) is 2. The molecule has 1 rings (SSSR count). The van der Waals surface area contributed by atoms with Gasteiger partial charge in [-0.3, -0.25) is 9.48 Å². The molecule has 0 aromatic carbocycles. The minimum Gasteiger partial charge on any atom is -0.383 e. The fourth-order valence-electron chi connectivity index (χ4n) is 2.21. The lowest BCUT2D eigenvalue weighted by Crippen LogP contribution is -2.46. The van der Waals surface area contributed by atoms with Crippen LogP contribution in [0.25, 0.3) is 0 Å². The summed E-state index contributed by atoms with van der Waals surface area (Å²) in [5.41, 5.74) is 0.924. The van der Waals surface area contributed by atoms with Crippen molar-refractivity contribution in [2.75, 3.05) is 33.4 Å². The standard InChI is InChI=1S/C14H27N5O4S/c1-10-13(12(3)19(4)17-10)24(21,22)18-11(2)14(20)16-7-6-15-8-9-23-5/h11,15,18H,6-9H2,1-5H3,(H,16,20). The smallest absolute Gasteiger partial charge is 0.244 e. The molecule has 0 radical (unpaired) electrons. The molecule has 1 amide bonds. The highest BCUT2D eigenvalue weighted by Gasteiger charge is 2.27. The van der Waals surface area contributed by atoms with Gasteiger partial charge in [0.2, 0.25) is 15.9 Å². The highest BCUT2D eigenvalue weighted by Crippen LogP contribution is 2.18. The fourth-order valence-corrected chi connectivity index (χ4v) is 3.86. The summed E-state index contributed by atoms with van der Waals surface area (Å²) in [7, 11) is -0.525. The predicted molar refractivity (Wildman–Crippen MR) is 90.2 cm³/mol. The highest BCUT2D eigenvalue weighted by atomic mass is 32.2. The van der Waals surface area contributed by atoms with E-state index in [0.717, 1.165) is 0 Å². The van der Waals surface area contributed by atoms with Crippen molar-refractivity contribution in [2.24, 2.45) is 7.05 Å². The first-order valence-electron chi connectivity index (χ1n) is 7.70. The SMILES string of the molecule is COCCNCCNC(=O)C(C)NS(=O)(=O)c1c(C)nn(C)c1C. The van der Waals surface area contributed by atoms with Crippen molar-refractivity contribution < 1.29 is 17.9 Å². The second-order valence-corrected chi connectivity index (χ2v) is 7.15. The van der Waals surface area contributed by atoms with Gasteiger partial charge in [-0.15, -0.1) is 0 Å². The molecule has 0 aliphatic heterocycles. The van der Waals surface area contributed by atoms with E-state index in [0.29, 0.717) is 37.6 Å². The summed E-state index contributed by atoms with van der Waals surface area (Å²) >= 11 is 0. The molecule has 1 heterocycles. The number of methoxy groups -OCH3 is 1. The maximum Gasteiger partial charge on any atom is 0.244 e. The minimum atomic E-state index is -3.81. The van der Waals surface area contributed by atoms with E-state index in [1.807, 2.05) is 0 Å². The van der Waals surface area contributed by atoms with Crippen molar-refractivity contribution in [1.82, 2.24) is 25.1 Å². The first kappa shape index (κ1) is 20.6. The first-order chi connectivity index (χ1) is 11.2. The Kier molecular flexibility index (Phi) is 7.80. The second kappa shape index (κ2) is 9.11. The molecule has 0 bridgehead atoms. The van der Waals surface area contributed by atoms with E-state index < -0.39 is 16.1 Å². The number of amides is 1. The summed E-state index contributed by atoms with van der Waals surface area (Å²) in [6.07, 6.45) is 0. The van der Waals surface area contributed by atoms with Crippen molar-refractivity contribution >= 4 is 15.9 Å². The fraction of sp³-hybridized carbons (Fsp3) is 0.714. The van der Waals surface area contributed by atoms with Crippen LogP contribution < -0.4 is 15.4 Å². The maximum absolute atomic E-state index is 12.5. The number of ether oxygens (including phenoxy) is 1. The quantitative estimate of drug-likeness (QED) is 0.463. The summed E-state index contributed by atoms with van der Waals surface area (Å²) in [5, 5.41) is 9.85. The first-order valence-corrected chi connectivity index (χ1v) is 9.19. The van der Waals surface area contributed by atoms with Crippen molar-refractivity contribution in [1.29, 1.82) is 0 Å². The molecule has 9 nitrogen and oxygen atoms in total. The molecule has 0 fully saturated rings. The lowest BCUT2D eigenvalue weighted by Gasteiger charge is -2.15. The number of hydrogen-bond acceptors (Lipinski definition) is 6. The molecule has 0 aliphatic rings. The largest absolute Gasteiger partial charge is 0.383 e. The Bertz CT molecular complexity index is 656. The molecule has 0 saturated heterocycles. The van der Waals surface area contributed by atoms with E-state index in [4.69, 9.17) is 4.74 Å². The van der Waals surface area contributed by atoms with Gasteiger partial charge >= 0.3 is 0 Å². The molecule has 1 atom stereocenters. The third kappa shape index (κ3) is 5.55. The molecule has 10 heteroatoms. The third-order valence-electron chi connectivity index (χ3n) is 3.52. The molecule has 3 N–H and O–H groups in total. The van der Waals surface area contributed by atoms with Gasteiger partial charge in [-0.05, 0) is 20.8 Å². The van der Waals surface area contributed by atoms with Crippen molar-refractivity contribution in [3.63, 3.8) is 0 Å². The zero-order valence-corrected chi connectivity index (χ0v) is 15.7.